The fourth-order valence-corrected chi connectivity index (χ4v) is 0.494. The van der Waals surface area contributed by atoms with Gasteiger partial charge in [-0.15, -0.1) is 0 Å². The Bertz CT molecular complexity index is 133. The molecule has 0 fully saturated rings. The zero-order chi connectivity index (χ0) is 8.91. The zero-order valence-corrected chi connectivity index (χ0v) is 7.81. The molecule has 0 radical (unpaired) electrons. The van der Waals surface area contributed by atoms with Crippen LogP contribution in [0.4, 0.5) is 4.79 Å². The van der Waals surface area contributed by atoms with Crippen LogP contribution >= 0.6 is 11.8 Å². The number of hydrogen-bond acceptors (Lipinski definition) is 2. The molecule has 0 aliphatic heterocycles. The first-order chi connectivity index (χ1) is 4.95. The summed E-state index contributed by atoms with van der Waals surface area (Å²) < 4.78 is 5.43. The lowest BCUT2D eigenvalue weighted by Gasteiger charge is -2.23. The Morgan fingerprint density at radius 2 is 2.09 bits per heavy atom. The van der Waals surface area contributed by atoms with E-state index >= 15 is 0 Å². The lowest BCUT2D eigenvalue weighted by molar-refractivity contribution is -0.870. The van der Waals surface area contributed by atoms with E-state index in [0.29, 0.717) is 6.61 Å². The molecule has 0 saturated carbocycles. The van der Waals surface area contributed by atoms with E-state index < -0.39 is 6.09 Å². The summed E-state index contributed by atoms with van der Waals surface area (Å²) in [6.07, 6.45) is -0.597. The van der Waals surface area contributed by atoms with Gasteiger partial charge in [0.05, 0.1) is 21.1 Å². The van der Waals surface area contributed by atoms with E-state index in [1.165, 1.54) is 0 Å². The number of rotatable bonds is 3. The summed E-state index contributed by atoms with van der Waals surface area (Å²) in [5.74, 6) is 0. The molecular formula is C6H14ClN2O2+. The Kier molecular flexibility index (Phi) is 4.22. The molecule has 0 atom stereocenters. The number of likely N-dealkylation sites (N-methyl/N-ethyl adjacent to an activating group) is 1. The van der Waals surface area contributed by atoms with Gasteiger partial charge in [0.15, 0.2) is 0 Å². The fraction of sp³-hybridized carbons (Fsp3) is 0.833. The number of hydrogen-bond donors (Lipinski definition) is 1. The summed E-state index contributed by atoms with van der Waals surface area (Å²) in [4.78, 5) is 12.3. The molecule has 0 bridgehead atoms. The first-order valence-corrected chi connectivity index (χ1v) is 3.67. The number of halogens is 1. The zero-order valence-electron chi connectivity index (χ0n) is 7.06. The van der Waals surface area contributed by atoms with Crippen molar-refractivity contribution in [2.24, 2.45) is 0 Å². The molecule has 0 aliphatic carbocycles. The predicted octanol–water partition coefficient (Wildman–Crippen LogP) is 0.573. The molecule has 0 heterocycles. The Hall–Kier alpha value is -0.480. The smallest absolute Gasteiger partial charge is 0.422 e. The van der Waals surface area contributed by atoms with Crippen LogP contribution in [0.3, 0.4) is 0 Å². The van der Waals surface area contributed by atoms with Gasteiger partial charge in [-0.25, -0.2) is 9.63 Å². The molecular weight excluding hydrogens is 168 g/mol. The first kappa shape index (κ1) is 10.5. The molecule has 1 N–H and O–H groups in total. The first-order valence-electron chi connectivity index (χ1n) is 3.29. The molecule has 0 unspecified atom stereocenters. The molecule has 4 nitrogen and oxygen atoms in total. The molecule has 0 spiro atoms. The van der Waals surface area contributed by atoms with Gasteiger partial charge in [-0.3, -0.25) is 0 Å². The van der Waals surface area contributed by atoms with Crippen molar-refractivity contribution in [1.82, 2.24) is 4.84 Å². The Morgan fingerprint density at radius 1 is 1.55 bits per heavy atom. The van der Waals surface area contributed by atoms with E-state index in [-0.39, 0.29) is 0 Å². The molecule has 0 saturated heterocycles. The van der Waals surface area contributed by atoms with Crippen molar-refractivity contribution < 1.29 is 14.0 Å². The highest BCUT2D eigenvalue weighted by molar-refractivity contribution is 6.20. The normalized spacial score (nSPS) is 10.9. The number of amides is 1. The average Bonchev–Trinajstić information content (AvgIpc) is 1.85. The van der Waals surface area contributed by atoms with E-state index in [2.05, 4.69) is 4.74 Å². The van der Waals surface area contributed by atoms with Gasteiger partial charge in [0.2, 0.25) is 0 Å². The maximum atomic E-state index is 10.4. The van der Waals surface area contributed by atoms with Gasteiger partial charge in [-0.1, -0.05) is 0 Å². The van der Waals surface area contributed by atoms with Gasteiger partial charge in [-0.2, -0.15) is 0 Å². The minimum atomic E-state index is -0.597. The monoisotopic (exact) mass is 181 g/mol. The largest absolute Gasteiger partial charge is 0.443 e. The lowest BCUT2D eigenvalue weighted by atomic mass is 10.5. The van der Waals surface area contributed by atoms with Crippen molar-refractivity contribution in [2.45, 2.75) is 0 Å². The lowest BCUT2D eigenvalue weighted by Crippen LogP contribution is -2.38. The molecule has 11 heavy (non-hydrogen) atoms. The van der Waals surface area contributed by atoms with Crippen LogP contribution < -0.4 is 4.84 Å². The van der Waals surface area contributed by atoms with Crippen molar-refractivity contribution in [3.63, 3.8) is 0 Å². The number of nitrogens with zero attached hydrogens (tertiary/aromatic N) is 1. The Balaban J connectivity index is 3.35. The van der Waals surface area contributed by atoms with Crippen molar-refractivity contribution in [2.75, 3.05) is 34.3 Å². The molecule has 5 heteroatoms. The molecule has 66 valence electrons. The summed E-state index contributed by atoms with van der Waals surface area (Å²) >= 11 is 4.97. The van der Waals surface area contributed by atoms with Gasteiger partial charge in [0.25, 0.3) is 0 Å². The fourth-order valence-electron chi connectivity index (χ4n) is 0.439. The third-order valence-corrected chi connectivity index (χ3v) is 1.23. The van der Waals surface area contributed by atoms with Gasteiger partial charge < -0.3 is 9.22 Å². The average molecular weight is 182 g/mol. The number of quaternary nitrogens is 1. The standard InChI is InChI=1S/C6H13ClN2O2/c1-9(2,3)4-5-11-6(10)8-7/h4-5H2,1-3H3/p+1. The highest BCUT2D eigenvalue weighted by atomic mass is 35.5. The summed E-state index contributed by atoms with van der Waals surface area (Å²) in [5.41, 5.74) is 0. The topological polar surface area (TPSA) is 38.3 Å². The van der Waals surface area contributed by atoms with Gasteiger partial charge >= 0.3 is 6.09 Å². The van der Waals surface area contributed by atoms with Crippen LogP contribution in [0.1, 0.15) is 0 Å². The van der Waals surface area contributed by atoms with Gasteiger partial charge in [-0.05, 0) is 0 Å². The van der Waals surface area contributed by atoms with Crippen LogP contribution in [0.15, 0.2) is 0 Å². The van der Waals surface area contributed by atoms with E-state index in [4.69, 9.17) is 11.8 Å². The summed E-state index contributed by atoms with van der Waals surface area (Å²) in [6.45, 7) is 1.15. The van der Waals surface area contributed by atoms with E-state index in [1.807, 2.05) is 26.0 Å². The van der Waals surface area contributed by atoms with Gasteiger partial charge in [0, 0.05) is 11.8 Å². The van der Waals surface area contributed by atoms with E-state index in [0.717, 1.165) is 11.0 Å². The number of ether oxygens (including phenoxy) is 1. The Labute approximate surface area is 71.8 Å². The highest BCUT2D eigenvalue weighted by Crippen LogP contribution is 1.89. The van der Waals surface area contributed by atoms with Crippen LogP contribution in [0, 0.1) is 0 Å². The maximum absolute atomic E-state index is 10.4. The second-order valence-electron chi connectivity index (χ2n) is 3.24. The third-order valence-electron chi connectivity index (χ3n) is 1.07. The predicted molar refractivity (Wildman–Crippen MR) is 43.2 cm³/mol. The summed E-state index contributed by atoms with van der Waals surface area (Å²) in [6, 6.07) is 0. The van der Waals surface area contributed by atoms with Crippen molar-refractivity contribution in [3.8, 4) is 0 Å². The second kappa shape index (κ2) is 4.41. The molecule has 0 aromatic carbocycles. The number of carbonyl (C=O) groups is 1. The van der Waals surface area contributed by atoms with Crippen LogP contribution in [0.5, 0.6) is 0 Å². The molecule has 0 rings (SSSR count). The molecule has 1 amide bonds. The number of carbonyl (C=O) groups excluding carboxylic acids is 1. The van der Waals surface area contributed by atoms with Crippen LogP contribution in [-0.4, -0.2) is 44.9 Å². The van der Waals surface area contributed by atoms with Crippen molar-refractivity contribution in [3.05, 3.63) is 0 Å². The molecule has 0 aliphatic rings. The third kappa shape index (κ3) is 7.42. The van der Waals surface area contributed by atoms with Gasteiger partial charge in [0.1, 0.15) is 13.2 Å². The van der Waals surface area contributed by atoms with Crippen LogP contribution in [0.2, 0.25) is 0 Å². The highest BCUT2D eigenvalue weighted by Gasteiger charge is 2.07. The maximum Gasteiger partial charge on any atom is 0.422 e. The summed E-state index contributed by atoms with van der Waals surface area (Å²) in [7, 11) is 6.05. The van der Waals surface area contributed by atoms with E-state index in [1.54, 1.807) is 0 Å². The Morgan fingerprint density at radius 3 is 2.45 bits per heavy atom. The van der Waals surface area contributed by atoms with Crippen LogP contribution in [-0.2, 0) is 4.74 Å². The van der Waals surface area contributed by atoms with Crippen molar-refractivity contribution in [1.29, 1.82) is 0 Å². The minimum absolute atomic E-state index is 0.377. The summed E-state index contributed by atoms with van der Waals surface area (Å²) in [5, 5.41) is 0. The molecule has 0 aromatic heterocycles. The quantitative estimate of drug-likeness (QED) is 0.511. The minimum Gasteiger partial charge on any atom is -0.443 e. The SMILES string of the molecule is C[N+](C)(C)CCOC(=O)NCl. The van der Waals surface area contributed by atoms with E-state index in [9.17, 15) is 4.79 Å². The van der Waals surface area contributed by atoms with Crippen molar-refractivity contribution >= 4 is 17.9 Å². The molecule has 0 aromatic rings. The van der Waals surface area contributed by atoms with Crippen LogP contribution in [0.25, 0.3) is 0 Å². The number of nitrogens with one attached hydrogen (secondary N) is 1. The second-order valence-corrected chi connectivity index (χ2v) is 3.43.